The van der Waals surface area contributed by atoms with Gasteiger partial charge in [0, 0.05) is 18.7 Å². The molecular weight excluding hydrogens is 220 g/mol. The number of benzene rings is 1. The van der Waals surface area contributed by atoms with E-state index >= 15 is 0 Å². The molecule has 0 saturated carbocycles. The van der Waals surface area contributed by atoms with E-state index in [0.29, 0.717) is 5.92 Å². The van der Waals surface area contributed by atoms with E-state index in [1.807, 2.05) is 0 Å². The number of rotatable bonds is 5. The molecule has 0 aromatic heterocycles. The fraction of sp³-hybridized carbons (Fsp3) is 0.571. The van der Waals surface area contributed by atoms with Crippen LogP contribution in [0, 0.1) is 23.0 Å². The minimum atomic E-state index is -0.486. The maximum atomic E-state index is 13.3. The van der Waals surface area contributed by atoms with E-state index in [9.17, 15) is 8.78 Å². The molecule has 1 N–H and O–H groups in total. The summed E-state index contributed by atoms with van der Waals surface area (Å²) in [5.74, 6) is -0.458. The minimum absolute atomic E-state index is 0.113. The highest BCUT2D eigenvalue weighted by Crippen LogP contribution is 2.24. The van der Waals surface area contributed by atoms with Gasteiger partial charge in [0.15, 0.2) is 0 Å². The summed E-state index contributed by atoms with van der Waals surface area (Å²) in [6.45, 7) is 9.54. The van der Waals surface area contributed by atoms with Gasteiger partial charge in [-0.1, -0.05) is 33.8 Å². The average Bonchev–Trinajstić information content (AvgIpc) is 2.22. The standard InChI is InChI=1S/C14H21F2N/c1-10(2)14(3,4)9-17-8-11-12(15)6-5-7-13(11)16/h5-7,10,17H,8-9H2,1-4H3. The van der Waals surface area contributed by atoms with Gasteiger partial charge in [0.05, 0.1) is 0 Å². The van der Waals surface area contributed by atoms with Crippen molar-refractivity contribution in [3.8, 4) is 0 Å². The molecule has 1 rings (SSSR count). The Balaban J connectivity index is 2.57. The van der Waals surface area contributed by atoms with Crippen LogP contribution in [0.1, 0.15) is 33.3 Å². The Morgan fingerprint density at radius 2 is 1.71 bits per heavy atom. The molecule has 96 valence electrons. The third-order valence-electron chi connectivity index (χ3n) is 3.51. The molecule has 0 amide bonds. The van der Waals surface area contributed by atoms with E-state index < -0.39 is 11.6 Å². The van der Waals surface area contributed by atoms with E-state index in [2.05, 4.69) is 33.0 Å². The van der Waals surface area contributed by atoms with Crippen molar-refractivity contribution in [2.24, 2.45) is 11.3 Å². The van der Waals surface area contributed by atoms with Gasteiger partial charge >= 0.3 is 0 Å². The van der Waals surface area contributed by atoms with Crippen LogP contribution < -0.4 is 5.32 Å². The van der Waals surface area contributed by atoms with Gasteiger partial charge < -0.3 is 5.32 Å². The van der Waals surface area contributed by atoms with E-state index in [4.69, 9.17) is 0 Å². The fourth-order valence-electron chi connectivity index (χ4n) is 1.42. The maximum Gasteiger partial charge on any atom is 0.130 e. The second kappa shape index (κ2) is 5.58. The van der Waals surface area contributed by atoms with Gasteiger partial charge in [-0.05, 0) is 23.5 Å². The van der Waals surface area contributed by atoms with Crippen LogP contribution in [0.3, 0.4) is 0 Å². The predicted molar refractivity (Wildman–Crippen MR) is 66.7 cm³/mol. The molecule has 0 aliphatic heterocycles. The van der Waals surface area contributed by atoms with Crippen LogP contribution in [0.4, 0.5) is 8.78 Å². The molecule has 1 aromatic rings. The van der Waals surface area contributed by atoms with Gasteiger partial charge in [0.2, 0.25) is 0 Å². The number of hydrogen-bond acceptors (Lipinski definition) is 1. The summed E-state index contributed by atoms with van der Waals surface area (Å²) < 4.78 is 26.7. The lowest BCUT2D eigenvalue weighted by molar-refractivity contribution is 0.237. The molecule has 0 atom stereocenters. The lowest BCUT2D eigenvalue weighted by Gasteiger charge is -2.29. The second-order valence-corrected chi connectivity index (χ2v) is 5.45. The van der Waals surface area contributed by atoms with E-state index in [-0.39, 0.29) is 17.5 Å². The van der Waals surface area contributed by atoms with Crippen LogP contribution in [0.25, 0.3) is 0 Å². The first-order valence-corrected chi connectivity index (χ1v) is 5.98. The zero-order chi connectivity index (χ0) is 13.1. The maximum absolute atomic E-state index is 13.3. The smallest absolute Gasteiger partial charge is 0.130 e. The van der Waals surface area contributed by atoms with Gasteiger partial charge in [-0.25, -0.2) is 8.78 Å². The molecule has 0 unspecified atom stereocenters. The van der Waals surface area contributed by atoms with Crippen LogP contribution in [0.2, 0.25) is 0 Å². The van der Waals surface area contributed by atoms with E-state index in [1.165, 1.54) is 18.2 Å². The van der Waals surface area contributed by atoms with E-state index in [0.717, 1.165) is 6.54 Å². The van der Waals surface area contributed by atoms with Gasteiger partial charge in [-0.15, -0.1) is 0 Å². The second-order valence-electron chi connectivity index (χ2n) is 5.45. The Morgan fingerprint density at radius 1 is 1.18 bits per heavy atom. The molecule has 17 heavy (non-hydrogen) atoms. The third-order valence-corrected chi connectivity index (χ3v) is 3.51. The predicted octanol–water partition coefficient (Wildman–Crippen LogP) is 3.74. The minimum Gasteiger partial charge on any atom is -0.312 e. The van der Waals surface area contributed by atoms with Crippen molar-refractivity contribution in [2.45, 2.75) is 34.2 Å². The summed E-state index contributed by atoms with van der Waals surface area (Å²) in [5, 5.41) is 3.12. The quantitative estimate of drug-likeness (QED) is 0.828. The number of nitrogens with one attached hydrogen (secondary N) is 1. The van der Waals surface area contributed by atoms with Crippen molar-refractivity contribution < 1.29 is 8.78 Å². The van der Waals surface area contributed by atoms with Crippen molar-refractivity contribution >= 4 is 0 Å². The van der Waals surface area contributed by atoms with E-state index in [1.54, 1.807) is 0 Å². The highest BCUT2D eigenvalue weighted by atomic mass is 19.1. The SMILES string of the molecule is CC(C)C(C)(C)CNCc1c(F)cccc1F. The highest BCUT2D eigenvalue weighted by Gasteiger charge is 2.21. The zero-order valence-electron chi connectivity index (χ0n) is 11.0. The molecule has 0 radical (unpaired) electrons. The Morgan fingerprint density at radius 3 is 2.18 bits per heavy atom. The topological polar surface area (TPSA) is 12.0 Å². The third kappa shape index (κ3) is 3.77. The monoisotopic (exact) mass is 241 g/mol. The largest absolute Gasteiger partial charge is 0.312 e. The van der Waals surface area contributed by atoms with Crippen LogP contribution in [-0.4, -0.2) is 6.54 Å². The first-order valence-electron chi connectivity index (χ1n) is 5.98. The molecule has 3 heteroatoms. The molecule has 0 fully saturated rings. The van der Waals surface area contributed by atoms with Gasteiger partial charge in [0.1, 0.15) is 11.6 Å². The van der Waals surface area contributed by atoms with Crippen LogP contribution in [0.5, 0.6) is 0 Å². The molecule has 1 nitrogen and oxygen atoms in total. The lowest BCUT2D eigenvalue weighted by atomic mass is 9.81. The van der Waals surface area contributed by atoms with Gasteiger partial charge in [0.25, 0.3) is 0 Å². The summed E-state index contributed by atoms with van der Waals surface area (Å²) in [6.07, 6.45) is 0. The Bertz CT molecular complexity index is 352. The molecule has 0 saturated heterocycles. The van der Waals surface area contributed by atoms with Gasteiger partial charge in [-0.2, -0.15) is 0 Å². The summed E-state index contributed by atoms with van der Waals surface area (Å²) in [5.41, 5.74) is 0.230. The highest BCUT2D eigenvalue weighted by molar-refractivity contribution is 5.19. The summed E-state index contributed by atoms with van der Waals surface area (Å²) in [7, 11) is 0. The number of halogens is 2. The average molecular weight is 241 g/mol. The Hall–Kier alpha value is -0.960. The molecule has 0 bridgehead atoms. The zero-order valence-corrected chi connectivity index (χ0v) is 11.0. The number of hydrogen-bond donors (Lipinski definition) is 1. The summed E-state index contributed by atoms with van der Waals surface area (Å²) in [4.78, 5) is 0. The van der Waals surface area contributed by atoms with Gasteiger partial charge in [-0.3, -0.25) is 0 Å². The summed E-state index contributed by atoms with van der Waals surface area (Å²) >= 11 is 0. The molecule has 0 spiro atoms. The first-order chi connectivity index (χ1) is 7.84. The van der Waals surface area contributed by atoms with Crippen LogP contribution >= 0.6 is 0 Å². The van der Waals surface area contributed by atoms with Crippen molar-refractivity contribution in [1.82, 2.24) is 5.32 Å². The van der Waals surface area contributed by atoms with Crippen LogP contribution in [-0.2, 0) is 6.54 Å². The Labute approximate surface area is 102 Å². The molecule has 1 aromatic carbocycles. The van der Waals surface area contributed by atoms with Crippen molar-refractivity contribution in [3.05, 3.63) is 35.4 Å². The van der Waals surface area contributed by atoms with Crippen molar-refractivity contribution in [2.75, 3.05) is 6.54 Å². The van der Waals surface area contributed by atoms with Crippen molar-refractivity contribution in [1.29, 1.82) is 0 Å². The lowest BCUT2D eigenvalue weighted by Crippen LogP contribution is -2.33. The molecule has 0 heterocycles. The molecule has 0 aliphatic carbocycles. The molecular formula is C14H21F2N. The fourth-order valence-corrected chi connectivity index (χ4v) is 1.42. The first kappa shape index (κ1) is 14.1. The molecule has 0 aliphatic rings. The van der Waals surface area contributed by atoms with Crippen LogP contribution in [0.15, 0.2) is 18.2 Å². The normalized spacial score (nSPS) is 12.2. The Kier molecular flexibility index (Phi) is 4.63. The summed E-state index contributed by atoms with van der Waals surface area (Å²) in [6, 6.07) is 3.95. The van der Waals surface area contributed by atoms with Crippen molar-refractivity contribution in [3.63, 3.8) is 0 Å².